The lowest BCUT2D eigenvalue weighted by molar-refractivity contribution is -0.141. The molecule has 1 fully saturated rings. The molecule has 1 saturated heterocycles. The number of aromatic amines is 1. The molecule has 1 aliphatic rings. The Morgan fingerprint density at radius 1 is 1.37 bits per heavy atom. The minimum atomic E-state index is -1.04. The molecule has 12 nitrogen and oxygen atoms in total. The third kappa shape index (κ3) is 5.01. The number of hydrogen-bond donors (Lipinski definition) is 5. The molecule has 4 amide bonds. The van der Waals surface area contributed by atoms with Crippen molar-refractivity contribution in [3.63, 3.8) is 0 Å². The highest BCUT2D eigenvalue weighted by molar-refractivity contribution is 6.06. The zero-order chi connectivity index (χ0) is 21.7. The molecule has 0 bridgehead atoms. The molecule has 0 aromatic carbocycles. The van der Waals surface area contributed by atoms with Crippen LogP contribution in [0.15, 0.2) is 18.5 Å². The van der Waals surface area contributed by atoms with Gasteiger partial charge in [0.05, 0.1) is 23.1 Å². The van der Waals surface area contributed by atoms with Gasteiger partial charge < -0.3 is 26.0 Å². The van der Waals surface area contributed by atoms with E-state index in [9.17, 15) is 19.2 Å². The van der Waals surface area contributed by atoms with Gasteiger partial charge in [-0.3, -0.25) is 24.3 Å². The molecule has 2 atom stereocenters. The molecule has 0 aliphatic carbocycles. The van der Waals surface area contributed by atoms with Crippen molar-refractivity contribution in [3.05, 3.63) is 18.5 Å². The molecular formula is C18H23N7O5. The second-order valence-electron chi connectivity index (χ2n) is 7.02. The number of aromatic nitrogens is 3. The monoisotopic (exact) mass is 417 g/mol. The number of nitrogens with one attached hydrogen (secondary N) is 4. The summed E-state index contributed by atoms with van der Waals surface area (Å²) in [4.78, 5) is 59.4. The number of fused-ring (bicyclic) bond motifs is 1. The smallest absolute Gasteiger partial charge is 0.325 e. The van der Waals surface area contributed by atoms with E-state index >= 15 is 0 Å². The average molecular weight is 417 g/mol. The first-order valence-corrected chi connectivity index (χ1v) is 9.50. The van der Waals surface area contributed by atoms with Gasteiger partial charge in [0.25, 0.3) is 5.91 Å². The summed E-state index contributed by atoms with van der Waals surface area (Å²) in [6.07, 6.45) is 4.31. The van der Waals surface area contributed by atoms with Crippen molar-refractivity contribution in [1.29, 1.82) is 0 Å². The average Bonchev–Trinajstić information content (AvgIpc) is 3.24. The van der Waals surface area contributed by atoms with E-state index in [2.05, 4.69) is 30.9 Å². The Hall–Kier alpha value is -3.70. The molecule has 0 saturated carbocycles. The summed E-state index contributed by atoms with van der Waals surface area (Å²) in [7, 11) is 0. The second kappa shape index (κ2) is 9.20. The number of imide groups is 1. The maximum absolute atomic E-state index is 12.4. The number of carbonyl (C=O) groups is 4. The Labute approximate surface area is 171 Å². The van der Waals surface area contributed by atoms with Crippen LogP contribution < -0.4 is 16.0 Å². The van der Waals surface area contributed by atoms with Crippen molar-refractivity contribution in [2.45, 2.75) is 25.8 Å². The van der Waals surface area contributed by atoms with E-state index in [-0.39, 0.29) is 6.54 Å². The zero-order valence-electron chi connectivity index (χ0n) is 16.3. The van der Waals surface area contributed by atoms with Gasteiger partial charge >= 0.3 is 12.0 Å². The van der Waals surface area contributed by atoms with Gasteiger partial charge in [-0.2, -0.15) is 0 Å². The molecule has 1 aliphatic heterocycles. The first-order valence-electron chi connectivity index (χ1n) is 9.50. The fourth-order valence-electron chi connectivity index (χ4n) is 2.93. The van der Waals surface area contributed by atoms with Crippen molar-refractivity contribution in [2.24, 2.45) is 5.92 Å². The van der Waals surface area contributed by atoms with Crippen LogP contribution in [-0.2, 0) is 14.4 Å². The first-order chi connectivity index (χ1) is 14.3. The third-order valence-electron chi connectivity index (χ3n) is 4.68. The van der Waals surface area contributed by atoms with Gasteiger partial charge in [-0.25, -0.2) is 9.78 Å². The van der Waals surface area contributed by atoms with Crippen LogP contribution in [0.2, 0.25) is 0 Å². The van der Waals surface area contributed by atoms with Gasteiger partial charge in [-0.1, -0.05) is 6.92 Å². The van der Waals surface area contributed by atoms with Crippen molar-refractivity contribution in [3.8, 4) is 0 Å². The zero-order valence-corrected chi connectivity index (χ0v) is 16.3. The molecule has 0 unspecified atom stereocenters. The number of hydrogen-bond acceptors (Lipinski definition) is 7. The minimum absolute atomic E-state index is 0.0786. The van der Waals surface area contributed by atoms with Gasteiger partial charge in [0.2, 0.25) is 11.9 Å². The van der Waals surface area contributed by atoms with Gasteiger partial charge in [0, 0.05) is 19.3 Å². The van der Waals surface area contributed by atoms with Crippen LogP contribution in [0.1, 0.15) is 19.8 Å². The molecule has 0 radical (unpaired) electrons. The standard InChI is InChI=1S/C18H23N7O5/c1-10(16(28)29)7-21-14(26)9-25-15(27)12(24-18(25)30)3-2-5-20-17-22-11-4-6-19-8-13(11)23-17/h4,6,8,10,12H,2-3,5,7,9H2,1H3,(H,21,26)(H,24,30)(H,28,29)(H2,20,22,23)/t10-,12-/m0/s1. The van der Waals surface area contributed by atoms with Gasteiger partial charge in [-0.05, 0) is 18.9 Å². The lowest BCUT2D eigenvalue weighted by Crippen LogP contribution is -2.42. The number of carboxylic acid groups (broad SMARTS) is 1. The summed E-state index contributed by atoms with van der Waals surface area (Å²) in [5.74, 6) is -2.28. The number of nitrogens with zero attached hydrogens (tertiary/aromatic N) is 3. The highest BCUT2D eigenvalue weighted by atomic mass is 16.4. The predicted molar refractivity (Wildman–Crippen MR) is 105 cm³/mol. The van der Waals surface area contributed by atoms with Crippen LogP contribution in [-0.4, -0.2) is 74.4 Å². The number of H-pyrrole nitrogens is 1. The molecule has 12 heteroatoms. The fourth-order valence-corrected chi connectivity index (χ4v) is 2.93. The molecule has 5 N–H and O–H groups in total. The summed E-state index contributed by atoms with van der Waals surface area (Å²) >= 11 is 0. The number of urea groups is 1. The van der Waals surface area contributed by atoms with Crippen LogP contribution in [0.4, 0.5) is 10.7 Å². The number of carboxylic acids is 1. The molecule has 2 aromatic heterocycles. The van der Waals surface area contributed by atoms with E-state index in [0.717, 1.165) is 15.9 Å². The van der Waals surface area contributed by atoms with Crippen molar-refractivity contribution >= 4 is 40.8 Å². The number of anilines is 1. The SMILES string of the molecule is C[C@@H](CNC(=O)CN1C(=O)N[C@@H](CCCNc2nc3ccncc3[nH]2)C1=O)C(=O)O. The molecule has 2 aromatic rings. The molecule has 30 heavy (non-hydrogen) atoms. The Balaban J connectivity index is 1.41. The van der Waals surface area contributed by atoms with Crippen LogP contribution >= 0.6 is 0 Å². The normalized spacial score (nSPS) is 17.1. The molecule has 3 rings (SSSR count). The summed E-state index contributed by atoms with van der Waals surface area (Å²) in [5, 5.41) is 16.9. The minimum Gasteiger partial charge on any atom is -0.481 e. The third-order valence-corrected chi connectivity index (χ3v) is 4.68. The summed E-state index contributed by atoms with van der Waals surface area (Å²) in [6.45, 7) is 1.45. The molecular weight excluding hydrogens is 394 g/mol. The summed E-state index contributed by atoms with van der Waals surface area (Å²) < 4.78 is 0. The Kier molecular flexibility index (Phi) is 6.45. The second-order valence-corrected chi connectivity index (χ2v) is 7.02. The van der Waals surface area contributed by atoms with E-state index < -0.39 is 42.3 Å². The number of rotatable bonds is 10. The number of aliphatic carboxylic acids is 1. The van der Waals surface area contributed by atoms with E-state index in [1.54, 1.807) is 18.5 Å². The van der Waals surface area contributed by atoms with Gasteiger partial charge in [-0.15, -0.1) is 0 Å². The summed E-state index contributed by atoms with van der Waals surface area (Å²) in [6, 6.07) is 0.450. The lowest BCUT2D eigenvalue weighted by atomic mass is 10.1. The Bertz CT molecular complexity index is 926. The fraction of sp³-hybridized carbons (Fsp3) is 0.444. The number of amides is 4. The summed E-state index contributed by atoms with van der Waals surface area (Å²) in [5.41, 5.74) is 1.60. The maximum atomic E-state index is 12.4. The van der Waals surface area contributed by atoms with Crippen LogP contribution in [0.5, 0.6) is 0 Å². The molecule has 0 spiro atoms. The van der Waals surface area contributed by atoms with E-state index in [1.165, 1.54) is 6.92 Å². The number of imidazole rings is 1. The lowest BCUT2D eigenvalue weighted by Gasteiger charge is -2.14. The first kappa shape index (κ1) is 21.0. The molecule has 3 heterocycles. The van der Waals surface area contributed by atoms with E-state index in [0.29, 0.717) is 25.3 Å². The Morgan fingerprint density at radius 3 is 2.90 bits per heavy atom. The van der Waals surface area contributed by atoms with Crippen molar-refractivity contribution < 1.29 is 24.3 Å². The van der Waals surface area contributed by atoms with Crippen molar-refractivity contribution in [1.82, 2.24) is 30.5 Å². The quantitative estimate of drug-likeness (QED) is 0.264. The largest absolute Gasteiger partial charge is 0.481 e. The maximum Gasteiger partial charge on any atom is 0.325 e. The van der Waals surface area contributed by atoms with Crippen LogP contribution in [0.25, 0.3) is 11.0 Å². The van der Waals surface area contributed by atoms with Gasteiger partial charge in [0.1, 0.15) is 12.6 Å². The van der Waals surface area contributed by atoms with Gasteiger partial charge in [0.15, 0.2) is 0 Å². The highest BCUT2D eigenvalue weighted by Gasteiger charge is 2.38. The highest BCUT2D eigenvalue weighted by Crippen LogP contribution is 2.14. The number of carbonyl (C=O) groups excluding carboxylic acids is 3. The topological polar surface area (TPSA) is 169 Å². The number of pyridine rings is 1. The Morgan fingerprint density at radius 2 is 2.17 bits per heavy atom. The van der Waals surface area contributed by atoms with E-state index in [4.69, 9.17) is 5.11 Å². The molecule has 160 valence electrons. The van der Waals surface area contributed by atoms with Crippen molar-refractivity contribution in [2.75, 3.05) is 25.0 Å². The van der Waals surface area contributed by atoms with E-state index in [1.807, 2.05) is 0 Å². The van der Waals surface area contributed by atoms with Crippen LogP contribution in [0.3, 0.4) is 0 Å². The predicted octanol–water partition coefficient (Wildman–Crippen LogP) is -0.0927. The van der Waals surface area contributed by atoms with Crippen LogP contribution in [0, 0.1) is 5.92 Å².